The largest absolute Gasteiger partial charge is 1.00 e. The molecule has 4 aromatic rings. The van der Waals surface area contributed by atoms with E-state index in [1.807, 2.05) is 12.1 Å². The molecular weight excluding hydrogens is 731 g/mol. The molecular formula is C32H33Br2IN2O2. The molecule has 7 heteroatoms. The fourth-order valence-electron chi connectivity index (χ4n) is 4.56. The van der Waals surface area contributed by atoms with E-state index in [9.17, 15) is 5.11 Å². The molecule has 0 unspecified atom stereocenters. The van der Waals surface area contributed by atoms with Crippen molar-refractivity contribution >= 4 is 49.7 Å². The van der Waals surface area contributed by atoms with E-state index in [1.165, 1.54) is 5.69 Å². The summed E-state index contributed by atoms with van der Waals surface area (Å²) in [6, 6.07) is 25.4. The number of nitrogens with zero attached hydrogens (tertiary/aromatic N) is 2. The minimum absolute atomic E-state index is 0. The molecule has 1 aromatic heterocycles. The number of rotatable bonds is 9. The van der Waals surface area contributed by atoms with E-state index in [0.717, 1.165) is 61.2 Å². The third kappa shape index (κ3) is 7.31. The number of halogens is 3. The Morgan fingerprint density at radius 1 is 0.846 bits per heavy atom. The van der Waals surface area contributed by atoms with Crippen molar-refractivity contribution in [2.45, 2.75) is 20.5 Å². The van der Waals surface area contributed by atoms with Crippen LogP contribution >= 0.6 is 31.9 Å². The first-order valence-corrected chi connectivity index (χ1v) is 14.3. The molecule has 1 N–H and O–H groups in total. The van der Waals surface area contributed by atoms with Gasteiger partial charge in [-0.3, -0.25) is 0 Å². The lowest BCUT2D eigenvalue weighted by Crippen LogP contribution is -3.00. The van der Waals surface area contributed by atoms with Crippen LogP contribution in [0.5, 0.6) is 5.75 Å². The fraction of sp³-hybridized carbons (Fsp3) is 0.219. The molecule has 0 bridgehead atoms. The number of aliphatic hydroxyl groups is 1. The molecule has 4 rings (SSSR count). The number of hydrogen-bond acceptors (Lipinski definition) is 3. The van der Waals surface area contributed by atoms with E-state index in [1.54, 1.807) is 7.11 Å². The first-order valence-electron chi connectivity index (χ1n) is 12.7. The molecule has 0 atom stereocenters. The SMILES string of the molecule is CCN(CC)c1ccc(/C=C/c2cc(-c3cc(CO)c(Br)c(OC)c3)cc(-c3ccc(Br)cc3)[n+]2C)cc1.[I-]. The Morgan fingerprint density at radius 3 is 2.08 bits per heavy atom. The van der Waals surface area contributed by atoms with Crippen LogP contribution in [0.2, 0.25) is 0 Å². The van der Waals surface area contributed by atoms with E-state index in [2.05, 4.69) is 135 Å². The van der Waals surface area contributed by atoms with Crippen LogP contribution in [0.4, 0.5) is 5.69 Å². The van der Waals surface area contributed by atoms with Crippen LogP contribution in [0.3, 0.4) is 0 Å². The Hall–Kier alpha value is -2.20. The van der Waals surface area contributed by atoms with Crippen LogP contribution in [0.1, 0.15) is 30.7 Å². The lowest BCUT2D eigenvalue weighted by Gasteiger charge is -2.20. The minimum Gasteiger partial charge on any atom is -1.00 e. The summed E-state index contributed by atoms with van der Waals surface area (Å²) in [5.41, 5.74) is 8.43. The molecule has 39 heavy (non-hydrogen) atoms. The van der Waals surface area contributed by atoms with E-state index in [4.69, 9.17) is 4.74 Å². The lowest BCUT2D eigenvalue weighted by atomic mass is 9.99. The van der Waals surface area contributed by atoms with Gasteiger partial charge < -0.3 is 38.7 Å². The maximum absolute atomic E-state index is 9.95. The van der Waals surface area contributed by atoms with Crippen LogP contribution in [-0.2, 0) is 13.7 Å². The van der Waals surface area contributed by atoms with Crippen LogP contribution in [0.15, 0.2) is 81.7 Å². The molecule has 4 nitrogen and oxygen atoms in total. The van der Waals surface area contributed by atoms with Crippen molar-refractivity contribution in [1.82, 2.24) is 0 Å². The molecule has 0 aliphatic heterocycles. The zero-order chi connectivity index (χ0) is 27.2. The molecule has 0 saturated carbocycles. The maximum Gasteiger partial charge on any atom is 0.213 e. The zero-order valence-electron chi connectivity index (χ0n) is 22.6. The smallest absolute Gasteiger partial charge is 0.213 e. The molecule has 0 spiro atoms. The van der Waals surface area contributed by atoms with Gasteiger partial charge in [-0.05, 0) is 107 Å². The van der Waals surface area contributed by atoms with Crippen LogP contribution < -0.4 is 38.2 Å². The van der Waals surface area contributed by atoms with Gasteiger partial charge >= 0.3 is 0 Å². The van der Waals surface area contributed by atoms with Crippen LogP contribution in [0.25, 0.3) is 34.5 Å². The molecule has 0 aliphatic rings. The van der Waals surface area contributed by atoms with Gasteiger partial charge in [-0.2, -0.15) is 4.57 Å². The summed E-state index contributed by atoms with van der Waals surface area (Å²) in [6.45, 7) is 6.26. The minimum atomic E-state index is -0.0821. The van der Waals surface area contributed by atoms with E-state index < -0.39 is 0 Å². The highest BCUT2D eigenvalue weighted by Crippen LogP contribution is 2.36. The van der Waals surface area contributed by atoms with Crippen molar-refractivity contribution in [1.29, 1.82) is 0 Å². The summed E-state index contributed by atoms with van der Waals surface area (Å²) in [5.74, 6) is 0.690. The number of hydrogen-bond donors (Lipinski definition) is 1. The number of benzene rings is 3. The summed E-state index contributed by atoms with van der Waals surface area (Å²) in [4.78, 5) is 2.34. The number of anilines is 1. The second kappa shape index (κ2) is 14.4. The van der Waals surface area contributed by atoms with Crippen LogP contribution in [0, 0.1) is 0 Å². The topological polar surface area (TPSA) is 36.6 Å². The summed E-state index contributed by atoms with van der Waals surface area (Å²) in [5, 5.41) is 9.95. The van der Waals surface area contributed by atoms with Crippen molar-refractivity contribution in [3.05, 3.63) is 98.6 Å². The average molecular weight is 764 g/mol. The highest BCUT2D eigenvalue weighted by atomic mass is 127. The number of methoxy groups -OCH3 is 1. The number of aliphatic hydroxyl groups excluding tert-OH is 1. The second-order valence-electron chi connectivity index (χ2n) is 9.03. The van der Waals surface area contributed by atoms with Crippen molar-refractivity contribution in [3.8, 4) is 28.1 Å². The molecule has 0 radical (unpaired) electrons. The number of aromatic nitrogens is 1. The predicted octanol–water partition coefficient (Wildman–Crippen LogP) is 4.89. The molecule has 1 heterocycles. The van der Waals surface area contributed by atoms with Crippen molar-refractivity contribution < 1.29 is 38.4 Å². The average Bonchev–Trinajstić information content (AvgIpc) is 2.94. The third-order valence-corrected chi connectivity index (χ3v) is 8.22. The van der Waals surface area contributed by atoms with Gasteiger partial charge in [0.1, 0.15) is 12.8 Å². The van der Waals surface area contributed by atoms with Crippen LogP contribution in [-0.4, -0.2) is 25.3 Å². The number of ether oxygens (including phenoxy) is 1. The molecule has 0 aliphatic carbocycles. The monoisotopic (exact) mass is 762 g/mol. The highest BCUT2D eigenvalue weighted by molar-refractivity contribution is 9.10. The third-order valence-electron chi connectivity index (χ3n) is 6.79. The van der Waals surface area contributed by atoms with Crippen molar-refractivity contribution in [2.24, 2.45) is 7.05 Å². The zero-order valence-corrected chi connectivity index (χ0v) is 27.9. The lowest BCUT2D eigenvalue weighted by molar-refractivity contribution is -0.662. The Kier molecular flexibility index (Phi) is 11.6. The maximum atomic E-state index is 9.95. The van der Waals surface area contributed by atoms with Gasteiger partial charge in [-0.25, -0.2) is 0 Å². The van der Waals surface area contributed by atoms with Gasteiger partial charge in [0.2, 0.25) is 11.4 Å². The normalized spacial score (nSPS) is 10.9. The summed E-state index contributed by atoms with van der Waals surface area (Å²) in [6.07, 6.45) is 4.30. The molecule has 3 aromatic carbocycles. The van der Waals surface area contributed by atoms with Gasteiger partial charge in [0.05, 0.1) is 18.2 Å². The second-order valence-corrected chi connectivity index (χ2v) is 10.7. The summed E-state index contributed by atoms with van der Waals surface area (Å²) in [7, 11) is 3.73. The van der Waals surface area contributed by atoms with E-state index in [-0.39, 0.29) is 30.6 Å². The highest BCUT2D eigenvalue weighted by Gasteiger charge is 2.18. The molecule has 0 fully saturated rings. The van der Waals surface area contributed by atoms with Gasteiger partial charge in [0, 0.05) is 47.0 Å². The quantitative estimate of drug-likeness (QED) is 0.195. The van der Waals surface area contributed by atoms with Crippen molar-refractivity contribution in [2.75, 3.05) is 25.1 Å². The first kappa shape index (κ1) is 31.3. The fourth-order valence-corrected chi connectivity index (χ4v) is 5.34. The first-order chi connectivity index (χ1) is 18.4. The molecule has 204 valence electrons. The van der Waals surface area contributed by atoms with Gasteiger partial charge in [-0.15, -0.1) is 0 Å². The Morgan fingerprint density at radius 2 is 1.49 bits per heavy atom. The number of pyridine rings is 1. The van der Waals surface area contributed by atoms with Gasteiger partial charge in [0.25, 0.3) is 0 Å². The molecule has 0 amide bonds. The molecule has 0 saturated heterocycles. The van der Waals surface area contributed by atoms with Gasteiger partial charge in [-0.1, -0.05) is 28.1 Å². The summed E-state index contributed by atoms with van der Waals surface area (Å²) >= 11 is 7.11. The predicted molar refractivity (Wildman–Crippen MR) is 165 cm³/mol. The van der Waals surface area contributed by atoms with E-state index in [0.29, 0.717) is 5.75 Å². The van der Waals surface area contributed by atoms with Gasteiger partial charge in [0.15, 0.2) is 0 Å². The summed E-state index contributed by atoms with van der Waals surface area (Å²) < 4.78 is 9.61. The van der Waals surface area contributed by atoms with Crippen molar-refractivity contribution in [3.63, 3.8) is 0 Å². The Labute approximate surface area is 265 Å². The van der Waals surface area contributed by atoms with E-state index >= 15 is 0 Å². The standard InChI is InChI=1S/C32H33Br2N2O2.HI/c1-5-36(6-2)28-14-7-22(8-15-28)9-16-29-18-25(24-17-26(21-37)32(34)31(20-24)38-4)19-30(35(29)3)23-10-12-27(33)13-11-23;/h7-20,37H,5-6,21H2,1-4H3;1H/q+1;/p-1. The Balaban J connectivity index is 0.00000420. The Bertz CT molecular complexity index is 1410.